The monoisotopic (exact) mass is 298 g/mol. The molecule has 0 saturated carbocycles. The average molecular weight is 298 g/mol. The van der Waals surface area contributed by atoms with Crippen molar-refractivity contribution in [3.63, 3.8) is 0 Å². The summed E-state index contributed by atoms with van der Waals surface area (Å²) in [6.07, 6.45) is 2.81. The zero-order valence-corrected chi connectivity index (χ0v) is 11.9. The third-order valence-corrected chi connectivity index (χ3v) is 3.68. The van der Waals surface area contributed by atoms with Gasteiger partial charge in [-0.05, 0) is 30.5 Å². The molecule has 0 saturated heterocycles. The van der Waals surface area contributed by atoms with Gasteiger partial charge in [0.25, 0.3) is 0 Å². The highest BCUT2D eigenvalue weighted by atomic mass is 32.1. The quantitative estimate of drug-likeness (QED) is 0.890. The predicted octanol–water partition coefficient (Wildman–Crippen LogP) is 3.28. The van der Waals surface area contributed by atoms with E-state index in [1.165, 1.54) is 23.5 Å². The fourth-order valence-corrected chi connectivity index (χ4v) is 2.28. The molecule has 108 valence electrons. The fourth-order valence-electron chi connectivity index (χ4n) is 1.77. The van der Waals surface area contributed by atoms with Crippen LogP contribution >= 0.6 is 11.3 Å². The summed E-state index contributed by atoms with van der Waals surface area (Å²) in [4.78, 5) is 4.68. The lowest BCUT2D eigenvalue weighted by Gasteiger charge is -2.12. The number of ether oxygens (including phenoxy) is 1. The second-order valence-corrected chi connectivity index (χ2v) is 5.49. The van der Waals surface area contributed by atoms with E-state index < -0.39 is 11.6 Å². The van der Waals surface area contributed by atoms with Gasteiger partial charge >= 0.3 is 0 Å². The Morgan fingerprint density at radius 1 is 1.35 bits per heavy atom. The summed E-state index contributed by atoms with van der Waals surface area (Å²) in [5.74, 6) is -1.76. The van der Waals surface area contributed by atoms with E-state index in [2.05, 4.69) is 4.98 Å². The Morgan fingerprint density at radius 2 is 2.05 bits per heavy atom. The first-order chi connectivity index (χ1) is 9.60. The van der Waals surface area contributed by atoms with Gasteiger partial charge in [-0.15, -0.1) is 11.3 Å². The lowest BCUT2D eigenvalue weighted by Crippen LogP contribution is -2.21. The largest absolute Gasteiger partial charge is 0.482 e. The van der Waals surface area contributed by atoms with Crippen LogP contribution in [0, 0.1) is 11.6 Å². The maximum Gasteiger partial charge on any atom is 0.191 e. The minimum absolute atomic E-state index is 0.0993. The second kappa shape index (κ2) is 6.76. The molecule has 0 aliphatic rings. The zero-order chi connectivity index (χ0) is 14.5. The van der Waals surface area contributed by atoms with Crippen LogP contribution in [0.2, 0.25) is 0 Å². The van der Waals surface area contributed by atoms with Crippen molar-refractivity contribution in [1.82, 2.24) is 4.98 Å². The Morgan fingerprint density at radius 3 is 2.60 bits per heavy atom. The predicted molar refractivity (Wildman–Crippen MR) is 74.8 cm³/mol. The van der Waals surface area contributed by atoms with Gasteiger partial charge in [-0.2, -0.15) is 0 Å². The molecular formula is C14H16F2N2OS. The van der Waals surface area contributed by atoms with E-state index in [-0.39, 0.29) is 18.4 Å². The molecular weight excluding hydrogens is 282 g/mol. The Labute approximate surface area is 120 Å². The van der Waals surface area contributed by atoms with Crippen LogP contribution in [0.1, 0.15) is 23.8 Å². The summed E-state index contributed by atoms with van der Waals surface area (Å²) in [6.45, 7) is 2.04. The van der Waals surface area contributed by atoms with Crippen LogP contribution in [0.3, 0.4) is 0 Å². The molecule has 0 bridgehead atoms. The van der Waals surface area contributed by atoms with E-state index in [4.69, 9.17) is 10.5 Å². The van der Waals surface area contributed by atoms with Crippen LogP contribution in [0.25, 0.3) is 0 Å². The Balaban J connectivity index is 2.10. The van der Waals surface area contributed by atoms with Gasteiger partial charge in [0.1, 0.15) is 6.61 Å². The van der Waals surface area contributed by atoms with Crippen molar-refractivity contribution in [3.05, 3.63) is 45.9 Å². The van der Waals surface area contributed by atoms with E-state index in [1.54, 1.807) is 11.7 Å². The summed E-state index contributed by atoms with van der Waals surface area (Å²) < 4.78 is 32.9. The molecule has 2 N–H and O–H groups in total. The highest BCUT2D eigenvalue weighted by molar-refractivity contribution is 7.09. The molecule has 0 aliphatic carbocycles. The average Bonchev–Trinajstić information content (AvgIpc) is 2.90. The van der Waals surface area contributed by atoms with Gasteiger partial charge in [-0.3, -0.25) is 4.98 Å². The molecule has 1 unspecified atom stereocenters. The molecule has 0 aliphatic heterocycles. The number of aromatic nitrogens is 1. The molecule has 0 spiro atoms. The van der Waals surface area contributed by atoms with E-state index in [9.17, 15) is 8.78 Å². The van der Waals surface area contributed by atoms with E-state index in [1.807, 2.05) is 6.92 Å². The smallest absolute Gasteiger partial charge is 0.191 e. The third kappa shape index (κ3) is 3.74. The molecule has 2 rings (SSSR count). The summed E-state index contributed by atoms with van der Waals surface area (Å²) in [5, 5.41) is 0. The van der Waals surface area contributed by atoms with Crippen molar-refractivity contribution in [3.8, 4) is 5.75 Å². The number of rotatable bonds is 6. The van der Waals surface area contributed by atoms with Gasteiger partial charge in [0, 0.05) is 12.2 Å². The van der Waals surface area contributed by atoms with Crippen LogP contribution in [-0.4, -0.2) is 11.0 Å². The molecule has 0 amide bonds. The van der Waals surface area contributed by atoms with Gasteiger partial charge in [0.2, 0.25) is 0 Å². The normalized spacial score (nSPS) is 12.4. The number of nitrogens with zero attached hydrogens (tertiary/aromatic N) is 1. The Bertz CT molecular complexity index is 537. The molecule has 1 aromatic carbocycles. The third-order valence-electron chi connectivity index (χ3n) is 2.92. The number of nitrogens with two attached hydrogens (primary N) is 1. The topological polar surface area (TPSA) is 48.1 Å². The zero-order valence-electron chi connectivity index (χ0n) is 11.1. The van der Waals surface area contributed by atoms with Crippen molar-refractivity contribution in [2.24, 2.45) is 5.73 Å². The van der Waals surface area contributed by atoms with Crippen LogP contribution in [0.4, 0.5) is 8.78 Å². The molecule has 1 aromatic heterocycles. The van der Waals surface area contributed by atoms with Crippen LogP contribution in [0.15, 0.2) is 23.8 Å². The minimum atomic E-state index is -0.701. The van der Waals surface area contributed by atoms with Crippen molar-refractivity contribution in [2.75, 3.05) is 0 Å². The molecule has 0 radical (unpaired) electrons. The lowest BCUT2D eigenvalue weighted by atomic mass is 10.0. The van der Waals surface area contributed by atoms with Crippen LogP contribution in [0.5, 0.6) is 5.75 Å². The molecule has 2 aromatic rings. The minimum Gasteiger partial charge on any atom is -0.482 e. The first-order valence-corrected chi connectivity index (χ1v) is 7.21. The molecule has 3 nitrogen and oxygen atoms in total. The van der Waals surface area contributed by atoms with E-state index >= 15 is 0 Å². The SMILES string of the molecule is CCC(N)Cc1cc(F)c(OCc2cncs2)c(F)c1. The van der Waals surface area contributed by atoms with Gasteiger partial charge in [-0.1, -0.05) is 6.92 Å². The first kappa shape index (κ1) is 14.9. The van der Waals surface area contributed by atoms with Crippen molar-refractivity contribution >= 4 is 11.3 Å². The molecule has 0 fully saturated rings. The van der Waals surface area contributed by atoms with Crippen LogP contribution in [-0.2, 0) is 13.0 Å². The molecule has 6 heteroatoms. The lowest BCUT2D eigenvalue weighted by molar-refractivity contribution is 0.276. The molecule has 1 atom stereocenters. The summed E-state index contributed by atoms with van der Waals surface area (Å²) in [6, 6.07) is 2.46. The Kier molecular flexibility index (Phi) is 5.03. The van der Waals surface area contributed by atoms with Gasteiger partial charge in [0.15, 0.2) is 17.4 Å². The van der Waals surface area contributed by atoms with Crippen molar-refractivity contribution < 1.29 is 13.5 Å². The number of halogens is 2. The number of hydrogen-bond acceptors (Lipinski definition) is 4. The van der Waals surface area contributed by atoms with E-state index in [0.717, 1.165) is 11.3 Å². The van der Waals surface area contributed by atoms with Crippen LogP contribution < -0.4 is 10.5 Å². The molecule has 1 heterocycles. The highest BCUT2D eigenvalue weighted by Crippen LogP contribution is 2.25. The van der Waals surface area contributed by atoms with Gasteiger partial charge in [-0.25, -0.2) is 8.78 Å². The standard InChI is InChI=1S/C14H16F2N2OS/c1-2-10(17)3-9-4-12(15)14(13(16)5-9)19-7-11-6-18-8-20-11/h4-6,8,10H,2-3,7,17H2,1H3. The number of benzene rings is 1. The number of thiazole rings is 1. The van der Waals surface area contributed by atoms with Gasteiger partial charge in [0.05, 0.1) is 10.4 Å². The summed E-state index contributed by atoms with van der Waals surface area (Å²) >= 11 is 1.37. The maximum absolute atomic E-state index is 13.9. The van der Waals surface area contributed by atoms with Crippen molar-refractivity contribution in [2.45, 2.75) is 32.4 Å². The molecule has 20 heavy (non-hydrogen) atoms. The number of hydrogen-bond donors (Lipinski definition) is 1. The fraction of sp³-hybridized carbons (Fsp3) is 0.357. The highest BCUT2D eigenvalue weighted by Gasteiger charge is 2.14. The first-order valence-electron chi connectivity index (χ1n) is 6.33. The summed E-state index contributed by atoms with van der Waals surface area (Å²) in [7, 11) is 0. The van der Waals surface area contributed by atoms with Crippen molar-refractivity contribution in [1.29, 1.82) is 0 Å². The van der Waals surface area contributed by atoms with Gasteiger partial charge < -0.3 is 10.5 Å². The second-order valence-electron chi connectivity index (χ2n) is 4.52. The van der Waals surface area contributed by atoms with E-state index in [0.29, 0.717) is 12.0 Å². The Hall–Kier alpha value is -1.53. The maximum atomic E-state index is 13.9. The summed E-state index contributed by atoms with van der Waals surface area (Å²) in [5.41, 5.74) is 7.97.